The van der Waals surface area contributed by atoms with E-state index < -0.39 is 0 Å². The second-order valence-corrected chi connectivity index (χ2v) is 6.68. The number of nitrogens with zero attached hydrogens (tertiary/aromatic N) is 2. The van der Waals surface area contributed by atoms with Crippen LogP contribution in [-0.4, -0.2) is 28.5 Å². The minimum atomic E-state index is 0.0220. The summed E-state index contributed by atoms with van der Waals surface area (Å²) in [4.78, 5) is 0. The normalized spacial score (nSPS) is 18.5. The third kappa shape index (κ3) is 3.50. The summed E-state index contributed by atoms with van der Waals surface area (Å²) in [6, 6.07) is 0.202. The van der Waals surface area contributed by atoms with E-state index in [9.17, 15) is 0 Å². The number of rotatable bonds is 8. The first kappa shape index (κ1) is 16.9. The lowest BCUT2D eigenvalue weighted by Gasteiger charge is -2.42. The highest BCUT2D eigenvalue weighted by atomic mass is 79.9. The number of aromatic nitrogens is 2. The van der Waals surface area contributed by atoms with Crippen LogP contribution in [0.2, 0.25) is 0 Å². The molecule has 1 aliphatic rings. The third-order valence-corrected chi connectivity index (χ3v) is 5.60. The van der Waals surface area contributed by atoms with E-state index in [1.54, 1.807) is 0 Å². The lowest BCUT2D eigenvalue weighted by molar-refractivity contribution is -0.0835. The van der Waals surface area contributed by atoms with E-state index in [2.05, 4.69) is 45.0 Å². The van der Waals surface area contributed by atoms with Crippen LogP contribution in [0.3, 0.4) is 0 Å². The summed E-state index contributed by atoms with van der Waals surface area (Å²) in [6.45, 7) is 5.13. The molecule has 1 atom stereocenters. The van der Waals surface area contributed by atoms with Crippen LogP contribution in [0, 0.1) is 0 Å². The van der Waals surface area contributed by atoms with Gasteiger partial charge < -0.3 is 4.74 Å². The van der Waals surface area contributed by atoms with Gasteiger partial charge in [-0.1, -0.05) is 6.92 Å². The van der Waals surface area contributed by atoms with Crippen molar-refractivity contribution in [1.82, 2.24) is 15.2 Å². The lowest BCUT2D eigenvalue weighted by atomic mass is 9.75. The van der Waals surface area contributed by atoms with E-state index in [-0.39, 0.29) is 11.6 Å². The quantitative estimate of drug-likeness (QED) is 0.553. The molecule has 1 fully saturated rings. The first-order valence-corrected chi connectivity index (χ1v) is 8.63. The van der Waals surface area contributed by atoms with Crippen molar-refractivity contribution in [2.45, 2.75) is 70.6 Å². The van der Waals surface area contributed by atoms with Crippen LogP contribution in [0.5, 0.6) is 0 Å². The number of hydrogen-bond donors (Lipinski definition) is 2. The number of nitrogens with one attached hydrogen (secondary N) is 1. The maximum absolute atomic E-state index is 5.79. The number of halogens is 1. The molecule has 1 unspecified atom stereocenters. The van der Waals surface area contributed by atoms with Crippen molar-refractivity contribution in [2.75, 3.05) is 7.11 Å². The van der Waals surface area contributed by atoms with Crippen molar-refractivity contribution in [3.05, 3.63) is 15.9 Å². The maximum atomic E-state index is 5.79. The number of ether oxygens (including phenoxy) is 1. The second-order valence-electron chi connectivity index (χ2n) is 5.89. The van der Waals surface area contributed by atoms with Crippen LogP contribution in [0.25, 0.3) is 0 Å². The van der Waals surface area contributed by atoms with Gasteiger partial charge in [-0.25, -0.2) is 0 Å². The Morgan fingerprint density at radius 1 is 1.48 bits per heavy atom. The Kier molecular flexibility index (Phi) is 5.82. The summed E-state index contributed by atoms with van der Waals surface area (Å²) < 4.78 is 8.94. The first-order valence-electron chi connectivity index (χ1n) is 7.84. The van der Waals surface area contributed by atoms with E-state index in [1.165, 1.54) is 12.1 Å². The van der Waals surface area contributed by atoms with Crippen LogP contribution in [0.15, 0.2) is 4.47 Å². The molecular formula is C15H27BrN4O. The molecule has 0 aliphatic heterocycles. The fraction of sp³-hybridized carbons (Fsp3) is 0.800. The highest BCUT2D eigenvalue weighted by Gasteiger charge is 2.39. The van der Waals surface area contributed by atoms with Crippen LogP contribution in [0.1, 0.15) is 50.9 Å². The monoisotopic (exact) mass is 358 g/mol. The zero-order valence-electron chi connectivity index (χ0n) is 13.3. The van der Waals surface area contributed by atoms with E-state index in [0.717, 1.165) is 48.8 Å². The number of hydrogen-bond acceptors (Lipinski definition) is 4. The maximum Gasteiger partial charge on any atom is 0.0766 e. The van der Waals surface area contributed by atoms with Gasteiger partial charge in [-0.3, -0.25) is 16.0 Å². The first-order chi connectivity index (χ1) is 10.1. The average Bonchev–Trinajstić information content (AvgIpc) is 2.77. The van der Waals surface area contributed by atoms with Crippen LogP contribution in [0.4, 0.5) is 0 Å². The second kappa shape index (κ2) is 7.22. The van der Waals surface area contributed by atoms with Crippen LogP contribution >= 0.6 is 15.9 Å². The number of aryl methyl sites for hydroxylation is 2. The highest BCUT2D eigenvalue weighted by Crippen LogP contribution is 2.39. The smallest absolute Gasteiger partial charge is 0.0766 e. The van der Waals surface area contributed by atoms with Gasteiger partial charge in [0.05, 0.1) is 21.5 Å². The molecule has 1 saturated carbocycles. The zero-order chi connectivity index (χ0) is 15.5. The molecule has 1 heterocycles. The molecule has 0 amide bonds. The van der Waals surface area contributed by atoms with Crippen LogP contribution < -0.4 is 11.3 Å². The highest BCUT2D eigenvalue weighted by molar-refractivity contribution is 9.10. The van der Waals surface area contributed by atoms with E-state index in [0.29, 0.717) is 0 Å². The molecule has 0 spiro atoms. The van der Waals surface area contributed by atoms with Gasteiger partial charge in [0.15, 0.2) is 0 Å². The molecule has 2 rings (SSSR count). The molecule has 120 valence electrons. The van der Waals surface area contributed by atoms with Crippen molar-refractivity contribution in [3.8, 4) is 0 Å². The largest absolute Gasteiger partial charge is 0.378 e. The van der Waals surface area contributed by atoms with E-state index >= 15 is 0 Å². The zero-order valence-corrected chi connectivity index (χ0v) is 14.9. The van der Waals surface area contributed by atoms with Crippen molar-refractivity contribution < 1.29 is 4.74 Å². The number of nitrogens with two attached hydrogens (primary N) is 1. The fourth-order valence-electron chi connectivity index (χ4n) is 3.15. The summed E-state index contributed by atoms with van der Waals surface area (Å²) in [5.74, 6) is 5.79. The van der Waals surface area contributed by atoms with Crippen molar-refractivity contribution in [2.24, 2.45) is 5.84 Å². The molecular weight excluding hydrogens is 332 g/mol. The van der Waals surface area contributed by atoms with E-state index in [1.807, 2.05) is 7.11 Å². The summed E-state index contributed by atoms with van der Waals surface area (Å²) in [7, 11) is 1.81. The Morgan fingerprint density at radius 2 is 2.19 bits per heavy atom. The van der Waals surface area contributed by atoms with Gasteiger partial charge in [0.2, 0.25) is 0 Å². The Balaban J connectivity index is 2.13. The van der Waals surface area contributed by atoms with E-state index in [4.69, 9.17) is 10.6 Å². The standard InChI is InChI=1S/C15H27BrN4O/c1-4-12-14(16)13(20(5-2)19-12)9-11(18-17)10-15(21-3)7-6-8-15/h11,18H,4-10,17H2,1-3H3. The van der Waals surface area contributed by atoms with Crippen molar-refractivity contribution in [3.63, 3.8) is 0 Å². The summed E-state index contributed by atoms with van der Waals surface area (Å²) in [5, 5.41) is 4.65. The van der Waals surface area contributed by atoms with Crippen LogP contribution in [-0.2, 0) is 24.1 Å². The third-order valence-electron chi connectivity index (χ3n) is 4.69. The van der Waals surface area contributed by atoms with Gasteiger partial charge in [0, 0.05) is 26.1 Å². The molecule has 0 saturated heterocycles. The van der Waals surface area contributed by atoms with Gasteiger partial charge in [0.1, 0.15) is 0 Å². The molecule has 1 aromatic rings. The average molecular weight is 359 g/mol. The van der Waals surface area contributed by atoms with Gasteiger partial charge >= 0.3 is 0 Å². The Hall–Kier alpha value is -0.430. The molecule has 3 N–H and O–H groups in total. The minimum Gasteiger partial charge on any atom is -0.378 e. The summed E-state index contributed by atoms with van der Waals surface area (Å²) in [5.41, 5.74) is 5.34. The SMILES string of the molecule is CCc1nn(CC)c(CC(CC2(OC)CCC2)NN)c1Br. The summed E-state index contributed by atoms with van der Waals surface area (Å²) >= 11 is 3.71. The Bertz CT molecular complexity index is 465. The van der Waals surface area contributed by atoms with Crippen molar-refractivity contribution >= 4 is 15.9 Å². The van der Waals surface area contributed by atoms with Gasteiger partial charge in [-0.05, 0) is 55.0 Å². The molecule has 0 bridgehead atoms. The lowest BCUT2D eigenvalue weighted by Crippen LogP contribution is -2.48. The van der Waals surface area contributed by atoms with Gasteiger partial charge in [0.25, 0.3) is 0 Å². The molecule has 1 aromatic heterocycles. The molecule has 0 radical (unpaired) electrons. The molecule has 21 heavy (non-hydrogen) atoms. The Labute approximate surface area is 135 Å². The summed E-state index contributed by atoms with van der Waals surface area (Å²) in [6.07, 6.45) is 6.27. The van der Waals surface area contributed by atoms with Crippen molar-refractivity contribution in [1.29, 1.82) is 0 Å². The van der Waals surface area contributed by atoms with Gasteiger partial charge in [-0.15, -0.1) is 0 Å². The number of methoxy groups -OCH3 is 1. The topological polar surface area (TPSA) is 65.1 Å². The molecule has 6 heteroatoms. The molecule has 0 aromatic carbocycles. The number of hydrazine groups is 1. The predicted octanol–water partition coefficient (Wildman–Crippen LogP) is 2.56. The fourth-order valence-corrected chi connectivity index (χ4v) is 3.87. The molecule has 1 aliphatic carbocycles. The predicted molar refractivity (Wildman–Crippen MR) is 88.0 cm³/mol. The van der Waals surface area contributed by atoms with Gasteiger partial charge in [-0.2, -0.15) is 5.10 Å². The Morgan fingerprint density at radius 3 is 2.62 bits per heavy atom. The molecule has 5 nitrogen and oxygen atoms in total. The minimum absolute atomic E-state index is 0.0220.